The number of anilines is 4. The van der Waals surface area contributed by atoms with E-state index in [2.05, 4.69) is 25.5 Å². The van der Waals surface area contributed by atoms with Gasteiger partial charge in [0.25, 0.3) is 5.91 Å². The predicted molar refractivity (Wildman–Crippen MR) is 117 cm³/mol. The Hall–Kier alpha value is -3.92. The molecule has 7 heteroatoms. The van der Waals surface area contributed by atoms with E-state index in [1.54, 1.807) is 24.3 Å². The number of hydrogen-bond donors (Lipinski definition) is 2. The van der Waals surface area contributed by atoms with E-state index in [0.717, 1.165) is 30.3 Å². The van der Waals surface area contributed by atoms with Crippen molar-refractivity contribution in [2.75, 3.05) is 28.6 Å². The number of nitrogens with zero attached hydrogens (tertiary/aromatic N) is 4. The van der Waals surface area contributed by atoms with Crippen molar-refractivity contribution in [2.24, 2.45) is 0 Å². The van der Waals surface area contributed by atoms with E-state index in [1.165, 1.54) is 12.8 Å². The Kier molecular flexibility index (Phi) is 5.57. The first-order valence-corrected chi connectivity index (χ1v) is 9.90. The molecule has 30 heavy (non-hydrogen) atoms. The number of benzene rings is 2. The standard InChI is InChI=1S/C23H22N6O/c1-16-14-21(29-12-2-3-13-29)28-23(25-16)27-20-10-8-19(9-11-20)26-22(30)18-6-4-17(15-24)5-7-18/h4-11,14H,2-3,12-13H2,1H3,(H,26,30)(H,25,27,28). The van der Waals surface area contributed by atoms with E-state index in [0.29, 0.717) is 22.8 Å². The van der Waals surface area contributed by atoms with Crippen LogP contribution in [-0.2, 0) is 0 Å². The van der Waals surface area contributed by atoms with E-state index >= 15 is 0 Å². The van der Waals surface area contributed by atoms with Gasteiger partial charge >= 0.3 is 0 Å². The average molecular weight is 398 g/mol. The van der Waals surface area contributed by atoms with Crippen molar-refractivity contribution in [1.29, 1.82) is 5.26 Å². The summed E-state index contributed by atoms with van der Waals surface area (Å²) >= 11 is 0. The maximum Gasteiger partial charge on any atom is 0.255 e. The van der Waals surface area contributed by atoms with Gasteiger partial charge in [0, 0.05) is 41.8 Å². The van der Waals surface area contributed by atoms with Crippen LogP contribution in [-0.4, -0.2) is 29.0 Å². The molecule has 1 saturated heterocycles. The molecule has 1 fully saturated rings. The minimum atomic E-state index is -0.225. The Labute approximate surface area is 175 Å². The smallest absolute Gasteiger partial charge is 0.255 e. The lowest BCUT2D eigenvalue weighted by molar-refractivity contribution is 0.102. The maximum absolute atomic E-state index is 12.4. The molecule has 4 rings (SSSR count). The summed E-state index contributed by atoms with van der Waals surface area (Å²) in [7, 11) is 0. The van der Waals surface area contributed by atoms with E-state index in [1.807, 2.05) is 43.3 Å². The SMILES string of the molecule is Cc1cc(N2CCCC2)nc(Nc2ccc(NC(=O)c3ccc(C#N)cc3)cc2)n1. The third kappa shape index (κ3) is 4.55. The van der Waals surface area contributed by atoms with Gasteiger partial charge < -0.3 is 15.5 Å². The van der Waals surface area contributed by atoms with Crippen LogP contribution >= 0.6 is 0 Å². The summed E-state index contributed by atoms with van der Waals surface area (Å²) in [5.41, 5.74) is 3.45. The summed E-state index contributed by atoms with van der Waals surface area (Å²) in [6.45, 7) is 4.03. The second-order valence-corrected chi connectivity index (χ2v) is 7.23. The number of aryl methyl sites for hydroxylation is 1. The van der Waals surface area contributed by atoms with Crippen LogP contribution in [0.15, 0.2) is 54.6 Å². The monoisotopic (exact) mass is 398 g/mol. The van der Waals surface area contributed by atoms with Gasteiger partial charge in [-0.05, 0) is 68.3 Å². The third-order valence-electron chi connectivity index (χ3n) is 4.95. The van der Waals surface area contributed by atoms with E-state index in [9.17, 15) is 4.79 Å². The normalized spacial score (nSPS) is 13.0. The van der Waals surface area contributed by atoms with Gasteiger partial charge in [0.05, 0.1) is 11.6 Å². The highest BCUT2D eigenvalue weighted by atomic mass is 16.1. The molecule has 7 nitrogen and oxygen atoms in total. The lowest BCUT2D eigenvalue weighted by Crippen LogP contribution is -2.19. The number of aromatic nitrogens is 2. The fourth-order valence-corrected chi connectivity index (χ4v) is 3.38. The average Bonchev–Trinajstić information content (AvgIpc) is 3.30. The molecule has 0 saturated carbocycles. The molecule has 150 valence electrons. The number of rotatable bonds is 5. The minimum Gasteiger partial charge on any atom is -0.356 e. The molecule has 1 aliphatic heterocycles. The Morgan fingerprint density at radius 3 is 2.33 bits per heavy atom. The zero-order valence-corrected chi connectivity index (χ0v) is 16.7. The zero-order valence-electron chi connectivity index (χ0n) is 16.7. The summed E-state index contributed by atoms with van der Waals surface area (Å²) in [5.74, 6) is 1.29. The molecule has 1 aliphatic rings. The van der Waals surface area contributed by atoms with Crippen molar-refractivity contribution in [3.63, 3.8) is 0 Å². The molecule has 0 atom stereocenters. The molecular weight excluding hydrogens is 376 g/mol. The van der Waals surface area contributed by atoms with Gasteiger partial charge in [-0.25, -0.2) is 4.98 Å². The first-order chi connectivity index (χ1) is 14.6. The summed E-state index contributed by atoms with van der Waals surface area (Å²) < 4.78 is 0. The van der Waals surface area contributed by atoms with Gasteiger partial charge in [-0.2, -0.15) is 10.2 Å². The maximum atomic E-state index is 12.4. The van der Waals surface area contributed by atoms with Gasteiger partial charge in [-0.15, -0.1) is 0 Å². The first-order valence-electron chi connectivity index (χ1n) is 9.90. The van der Waals surface area contributed by atoms with Crippen molar-refractivity contribution >= 4 is 29.0 Å². The van der Waals surface area contributed by atoms with Crippen LogP contribution in [0.25, 0.3) is 0 Å². The molecule has 2 heterocycles. The van der Waals surface area contributed by atoms with Crippen LogP contribution in [0, 0.1) is 18.3 Å². The van der Waals surface area contributed by atoms with Crippen LogP contribution in [0.5, 0.6) is 0 Å². The summed E-state index contributed by atoms with van der Waals surface area (Å²) in [6.07, 6.45) is 2.39. The highest BCUT2D eigenvalue weighted by Gasteiger charge is 2.15. The van der Waals surface area contributed by atoms with Gasteiger partial charge in [0.1, 0.15) is 5.82 Å². The fraction of sp³-hybridized carbons (Fsp3) is 0.217. The summed E-state index contributed by atoms with van der Waals surface area (Å²) in [4.78, 5) is 23.8. The van der Waals surface area contributed by atoms with Gasteiger partial charge in [0.15, 0.2) is 0 Å². The number of amides is 1. The third-order valence-corrected chi connectivity index (χ3v) is 4.95. The predicted octanol–water partition coefficient (Wildman–Crippen LogP) is 4.25. The Morgan fingerprint density at radius 1 is 1.00 bits per heavy atom. The molecule has 2 N–H and O–H groups in total. The van der Waals surface area contributed by atoms with Gasteiger partial charge in [-0.3, -0.25) is 4.79 Å². The van der Waals surface area contributed by atoms with E-state index in [4.69, 9.17) is 5.26 Å². The molecular formula is C23H22N6O. The lowest BCUT2D eigenvalue weighted by atomic mass is 10.1. The molecule has 1 amide bonds. The highest BCUT2D eigenvalue weighted by Crippen LogP contribution is 2.22. The molecule has 0 bridgehead atoms. The van der Waals surface area contributed by atoms with Crippen LogP contribution in [0.4, 0.5) is 23.1 Å². The van der Waals surface area contributed by atoms with Gasteiger partial charge in [-0.1, -0.05) is 0 Å². The number of carbonyl (C=O) groups is 1. The van der Waals surface area contributed by atoms with Crippen LogP contribution in [0.2, 0.25) is 0 Å². The Bertz CT molecular complexity index is 1080. The van der Waals surface area contributed by atoms with Crippen molar-refractivity contribution in [2.45, 2.75) is 19.8 Å². The van der Waals surface area contributed by atoms with Gasteiger partial charge in [0.2, 0.25) is 5.95 Å². The molecule has 3 aromatic rings. The first kappa shape index (κ1) is 19.4. The fourth-order valence-electron chi connectivity index (χ4n) is 3.38. The van der Waals surface area contributed by atoms with Crippen molar-refractivity contribution in [1.82, 2.24) is 9.97 Å². The molecule has 0 radical (unpaired) electrons. The van der Waals surface area contributed by atoms with Crippen LogP contribution in [0.1, 0.15) is 34.5 Å². The summed E-state index contributed by atoms with van der Waals surface area (Å²) in [5, 5.41) is 14.9. The number of hydrogen-bond acceptors (Lipinski definition) is 6. The quantitative estimate of drug-likeness (QED) is 0.667. The number of nitrogens with one attached hydrogen (secondary N) is 2. The molecule has 0 unspecified atom stereocenters. The Morgan fingerprint density at radius 2 is 1.67 bits per heavy atom. The molecule has 1 aromatic heterocycles. The topological polar surface area (TPSA) is 93.9 Å². The van der Waals surface area contributed by atoms with Crippen LogP contribution in [0.3, 0.4) is 0 Å². The number of nitriles is 1. The number of carbonyl (C=O) groups excluding carboxylic acids is 1. The second-order valence-electron chi connectivity index (χ2n) is 7.23. The van der Waals surface area contributed by atoms with Crippen LogP contribution < -0.4 is 15.5 Å². The zero-order chi connectivity index (χ0) is 20.9. The largest absolute Gasteiger partial charge is 0.356 e. The van der Waals surface area contributed by atoms with Crippen molar-refractivity contribution < 1.29 is 4.79 Å². The van der Waals surface area contributed by atoms with E-state index < -0.39 is 0 Å². The van der Waals surface area contributed by atoms with E-state index in [-0.39, 0.29) is 5.91 Å². The minimum absolute atomic E-state index is 0.225. The lowest BCUT2D eigenvalue weighted by Gasteiger charge is -2.17. The molecule has 0 aliphatic carbocycles. The molecule has 2 aromatic carbocycles. The Balaban J connectivity index is 1.42. The summed E-state index contributed by atoms with van der Waals surface area (Å²) in [6, 6.07) is 18.0. The molecule has 0 spiro atoms. The van der Waals surface area contributed by atoms with Crippen molar-refractivity contribution in [3.05, 3.63) is 71.4 Å². The second kappa shape index (κ2) is 8.62. The van der Waals surface area contributed by atoms with Crippen molar-refractivity contribution in [3.8, 4) is 6.07 Å². The highest BCUT2D eigenvalue weighted by molar-refractivity contribution is 6.04.